The van der Waals surface area contributed by atoms with E-state index >= 15 is 0 Å². The molecule has 1 atom stereocenters. The normalized spacial score (nSPS) is 31.3. The Labute approximate surface area is 150 Å². The number of unbranched alkanes of at least 4 members (excludes halogenated alkanes) is 3. The Balaban J connectivity index is 1.61. The van der Waals surface area contributed by atoms with Gasteiger partial charge in [-0.3, -0.25) is 0 Å². The molecule has 0 amide bonds. The molecule has 0 spiro atoms. The lowest BCUT2D eigenvalue weighted by Gasteiger charge is -2.55. The van der Waals surface area contributed by atoms with Crippen molar-refractivity contribution in [2.24, 2.45) is 5.41 Å². The average molecular weight is 379 g/mol. The second-order valence-corrected chi connectivity index (χ2v) is 8.93. The van der Waals surface area contributed by atoms with Crippen molar-refractivity contribution in [2.75, 3.05) is 0 Å². The number of aliphatic hydroxyl groups is 1. The Morgan fingerprint density at radius 2 is 1.57 bits per heavy atom. The van der Waals surface area contributed by atoms with Crippen LogP contribution in [0.5, 0.6) is 0 Å². The fourth-order valence-corrected chi connectivity index (χ4v) is 5.29. The predicted octanol–water partition coefficient (Wildman–Crippen LogP) is 6.37. The van der Waals surface area contributed by atoms with Crippen molar-refractivity contribution in [2.45, 2.75) is 89.1 Å². The summed E-state index contributed by atoms with van der Waals surface area (Å²) in [6, 6.07) is 8.99. The summed E-state index contributed by atoms with van der Waals surface area (Å²) in [5, 5.41) is 10.8. The molecule has 0 saturated heterocycles. The quantitative estimate of drug-likeness (QED) is 0.546. The van der Waals surface area contributed by atoms with Gasteiger partial charge in [-0.2, -0.15) is 0 Å². The van der Waals surface area contributed by atoms with E-state index in [-0.39, 0.29) is 11.5 Å². The van der Waals surface area contributed by atoms with Gasteiger partial charge in [-0.05, 0) is 73.5 Å². The second-order valence-electron chi connectivity index (χ2n) is 8.01. The first-order valence-electron chi connectivity index (χ1n) is 9.54. The number of aliphatic hydroxyl groups excluding tert-OH is 1. The minimum Gasteiger partial charge on any atom is -0.393 e. The van der Waals surface area contributed by atoms with Gasteiger partial charge in [0, 0.05) is 4.47 Å². The minimum absolute atomic E-state index is 0.0671. The fourth-order valence-electron chi connectivity index (χ4n) is 5.02. The van der Waals surface area contributed by atoms with E-state index in [1.165, 1.54) is 74.2 Å². The standard InChI is InChI=1S/C21H31BrO/c1-2-3-4-5-6-19(23)21-14-11-20(12-15-21,13-16-21)17-7-9-18(22)10-8-17/h7-10,19,23H,2-6,11-16H2,1H3. The van der Waals surface area contributed by atoms with E-state index in [4.69, 9.17) is 0 Å². The Kier molecular flexibility index (Phi) is 5.53. The van der Waals surface area contributed by atoms with Crippen molar-refractivity contribution in [1.29, 1.82) is 0 Å². The van der Waals surface area contributed by atoms with Crippen LogP contribution in [-0.2, 0) is 5.41 Å². The topological polar surface area (TPSA) is 20.2 Å². The molecule has 3 aliphatic carbocycles. The van der Waals surface area contributed by atoms with Crippen molar-refractivity contribution in [3.05, 3.63) is 34.3 Å². The number of fused-ring (bicyclic) bond motifs is 3. The summed E-state index contributed by atoms with van der Waals surface area (Å²) in [6.07, 6.45) is 13.5. The zero-order valence-corrected chi connectivity index (χ0v) is 16.1. The molecule has 2 bridgehead atoms. The van der Waals surface area contributed by atoms with Crippen LogP contribution in [0.25, 0.3) is 0 Å². The van der Waals surface area contributed by atoms with Crippen molar-refractivity contribution in [1.82, 2.24) is 0 Å². The van der Waals surface area contributed by atoms with Crippen molar-refractivity contribution in [3.8, 4) is 0 Å². The molecular weight excluding hydrogens is 348 g/mol. The molecular formula is C21H31BrO. The molecule has 1 nitrogen and oxygen atoms in total. The summed E-state index contributed by atoms with van der Waals surface area (Å²) in [7, 11) is 0. The van der Waals surface area contributed by atoms with Crippen molar-refractivity contribution >= 4 is 15.9 Å². The zero-order valence-electron chi connectivity index (χ0n) is 14.5. The van der Waals surface area contributed by atoms with E-state index in [2.05, 4.69) is 47.1 Å². The summed E-state index contributed by atoms with van der Waals surface area (Å²) in [4.78, 5) is 0. The third-order valence-corrected chi connectivity index (χ3v) is 7.33. The molecule has 1 aromatic carbocycles. The minimum atomic E-state index is -0.0671. The molecule has 1 aromatic rings. The van der Waals surface area contributed by atoms with E-state index in [0.29, 0.717) is 5.41 Å². The second kappa shape index (κ2) is 7.27. The van der Waals surface area contributed by atoms with Gasteiger partial charge in [0.15, 0.2) is 0 Å². The van der Waals surface area contributed by atoms with Gasteiger partial charge in [0.2, 0.25) is 0 Å². The maximum absolute atomic E-state index is 10.8. The third-order valence-electron chi connectivity index (χ3n) is 6.80. The van der Waals surface area contributed by atoms with E-state index < -0.39 is 0 Å². The highest BCUT2D eigenvalue weighted by atomic mass is 79.9. The lowest BCUT2D eigenvalue weighted by Crippen LogP contribution is -2.49. The lowest BCUT2D eigenvalue weighted by atomic mass is 9.50. The molecule has 0 aromatic heterocycles. The molecule has 1 N–H and O–H groups in total. The monoisotopic (exact) mass is 378 g/mol. The number of rotatable bonds is 7. The first-order chi connectivity index (χ1) is 11.1. The Bertz CT molecular complexity index is 483. The van der Waals surface area contributed by atoms with Gasteiger partial charge in [0.1, 0.15) is 0 Å². The summed E-state index contributed by atoms with van der Waals surface area (Å²) in [5.74, 6) is 0. The molecule has 3 saturated carbocycles. The van der Waals surface area contributed by atoms with Gasteiger partial charge in [-0.15, -0.1) is 0 Å². The zero-order chi connectivity index (χ0) is 16.3. The van der Waals surface area contributed by atoms with E-state index in [1.54, 1.807) is 0 Å². The number of benzene rings is 1. The largest absolute Gasteiger partial charge is 0.393 e. The van der Waals surface area contributed by atoms with Gasteiger partial charge >= 0.3 is 0 Å². The van der Waals surface area contributed by atoms with Crippen LogP contribution in [0.15, 0.2) is 28.7 Å². The Morgan fingerprint density at radius 1 is 0.957 bits per heavy atom. The Hall–Kier alpha value is -0.340. The SMILES string of the molecule is CCCCCCC(O)C12CCC(c3ccc(Br)cc3)(CC1)CC2. The van der Waals surface area contributed by atoms with Crippen LogP contribution in [0.3, 0.4) is 0 Å². The van der Waals surface area contributed by atoms with Crippen LogP contribution >= 0.6 is 15.9 Å². The molecule has 4 rings (SSSR count). The predicted molar refractivity (Wildman–Crippen MR) is 101 cm³/mol. The van der Waals surface area contributed by atoms with Crippen molar-refractivity contribution < 1.29 is 5.11 Å². The van der Waals surface area contributed by atoms with Crippen LogP contribution in [0, 0.1) is 5.41 Å². The van der Waals surface area contributed by atoms with E-state index in [1.807, 2.05) is 0 Å². The molecule has 3 fully saturated rings. The average Bonchev–Trinajstić information content (AvgIpc) is 2.60. The smallest absolute Gasteiger partial charge is 0.0596 e. The summed E-state index contributed by atoms with van der Waals surface area (Å²) >= 11 is 3.55. The summed E-state index contributed by atoms with van der Waals surface area (Å²) in [6.45, 7) is 2.25. The molecule has 128 valence electrons. The molecule has 1 unspecified atom stereocenters. The van der Waals surface area contributed by atoms with Crippen LogP contribution in [-0.4, -0.2) is 11.2 Å². The molecule has 0 heterocycles. The van der Waals surface area contributed by atoms with Crippen LogP contribution in [0.4, 0.5) is 0 Å². The first-order valence-corrected chi connectivity index (χ1v) is 10.3. The lowest BCUT2D eigenvalue weighted by molar-refractivity contribution is -0.0682. The third kappa shape index (κ3) is 3.54. The summed E-state index contributed by atoms with van der Waals surface area (Å²) < 4.78 is 1.17. The molecule has 23 heavy (non-hydrogen) atoms. The highest BCUT2D eigenvalue weighted by molar-refractivity contribution is 9.10. The number of halogens is 1. The molecule has 2 heteroatoms. The molecule has 0 aliphatic heterocycles. The maximum atomic E-state index is 10.8. The molecule has 3 aliphatic rings. The Morgan fingerprint density at radius 3 is 2.13 bits per heavy atom. The van der Waals surface area contributed by atoms with Gasteiger partial charge in [-0.25, -0.2) is 0 Å². The highest BCUT2D eigenvalue weighted by Gasteiger charge is 2.51. The number of hydrogen-bond donors (Lipinski definition) is 1. The first kappa shape index (κ1) is 17.5. The number of hydrogen-bond acceptors (Lipinski definition) is 1. The van der Waals surface area contributed by atoms with Gasteiger partial charge < -0.3 is 5.11 Å². The van der Waals surface area contributed by atoms with E-state index in [9.17, 15) is 5.11 Å². The van der Waals surface area contributed by atoms with Gasteiger partial charge in [0.25, 0.3) is 0 Å². The van der Waals surface area contributed by atoms with Gasteiger partial charge in [0.05, 0.1) is 6.10 Å². The van der Waals surface area contributed by atoms with E-state index in [0.717, 1.165) is 6.42 Å². The molecule has 0 radical (unpaired) electrons. The van der Waals surface area contributed by atoms with Gasteiger partial charge in [-0.1, -0.05) is 60.7 Å². The van der Waals surface area contributed by atoms with Crippen LogP contribution < -0.4 is 0 Å². The summed E-state index contributed by atoms with van der Waals surface area (Å²) in [5.41, 5.74) is 2.15. The van der Waals surface area contributed by atoms with Crippen molar-refractivity contribution in [3.63, 3.8) is 0 Å². The van der Waals surface area contributed by atoms with Crippen LogP contribution in [0.2, 0.25) is 0 Å². The fraction of sp³-hybridized carbons (Fsp3) is 0.714. The highest BCUT2D eigenvalue weighted by Crippen LogP contribution is 2.59. The maximum Gasteiger partial charge on any atom is 0.0596 e. The van der Waals surface area contributed by atoms with Crippen LogP contribution in [0.1, 0.15) is 83.1 Å².